The first-order valence-corrected chi connectivity index (χ1v) is 7.82. The van der Waals surface area contributed by atoms with Crippen molar-refractivity contribution in [2.24, 2.45) is 0 Å². The minimum atomic E-state index is -0.207. The molecule has 1 amide bonds. The summed E-state index contributed by atoms with van der Waals surface area (Å²) >= 11 is 11.2. The fourth-order valence-corrected chi connectivity index (χ4v) is 2.76. The highest BCUT2D eigenvalue weighted by atomic mass is 35.5. The molecule has 0 radical (unpaired) electrons. The van der Waals surface area contributed by atoms with Crippen LogP contribution in [0.1, 0.15) is 16.1 Å². The van der Waals surface area contributed by atoms with Crippen LogP contribution >= 0.6 is 23.8 Å². The molecule has 3 rings (SSSR count). The lowest BCUT2D eigenvalue weighted by molar-refractivity contribution is 0.0944. The van der Waals surface area contributed by atoms with Crippen LogP contribution in [0, 0.1) is 4.77 Å². The molecule has 0 fully saturated rings. The van der Waals surface area contributed by atoms with E-state index in [1.54, 1.807) is 16.8 Å². The lowest BCUT2D eigenvalue weighted by Gasteiger charge is -2.09. The number of aromatic amines is 1. The molecule has 0 aliphatic carbocycles. The Bertz CT molecular complexity index is 886. The van der Waals surface area contributed by atoms with E-state index in [2.05, 4.69) is 10.3 Å². The molecule has 1 aromatic heterocycles. The van der Waals surface area contributed by atoms with Crippen molar-refractivity contribution in [3.05, 3.63) is 81.8 Å². The van der Waals surface area contributed by atoms with Gasteiger partial charge in [0.2, 0.25) is 0 Å². The Kier molecular flexibility index (Phi) is 4.60. The van der Waals surface area contributed by atoms with Gasteiger partial charge in [-0.1, -0.05) is 41.9 Å². The average molecular weight is 344 g/mol. The number of nitrogens with zero attached hydrogens (tertiary/aromatic N) is 1. The molecule has 6 heteroatoms. The minimum absolute atomic E-state index is 0.207. The maximum absolute atomic E-state index is 12.5. The van der Waals surface area contributed by atoms with Crippen LogP contribution < -0.4 is 5.32 Å². The van der Waals surface area contributed by atoms with Gasteiger partial charge >= 0.3 is 0 Å². The summed E-state index contributed by atoms with van der Waals surface area (Å²) < 4.78 is 2.19. The van der Waals surface area contributed by atoms with Crippen LogP contribution in [0.5, 0.6) is 0 Å². The molecule has 0 bridgehead atoms. The lowest BCUT2D eigenvalue weighted by Crippen LogP contribution is -2.25. The van der Waals surface area contributed by atoms with Crippen LogP contribution in [-0.2, 0) is 6.54 Å². The first-order valence-electron chi connectivity index (χ1n) is 7.03. The summed E-state index contributed by atoms with van der Waals surface area (Å²) in [5, 5.41) is 3.53. The van der Waals surface area contributed by atoms with E-state index in [1.807, 2.05) is 48.5 Å². The maximum atomic E-state index is 12.5. The highest BCUT2D eigenvalue weighted by Gasteiger charge is 2.14. The van der Waals surface area contributed by atoms with E-state index in [0.29, 0.717) is 22.0 Å². The molecule has 1 heterocycles. The number of carbonyl (C=O) groups is 1. The zero-order valence-electron chi connectivity index (χ0n) is 12.1. The lowest BCUT2D eigenvalue weighted by atomic mass is 10.2. The molecule has 0 unspecified atom stereocenters. The van der Waals surface area contributed by atoms with Gasteiger partial charge in [-0.3, -0.25) is 9.36 Å². The summed E-state index contributed by atoms with van der Waals surface area (Å²) in [7, 11) is 0. The second-order valence-electron chi connectivity index (χ2n) is 4.96. The van der Waals surface area contributed by atoms with E-state index in [-0.39, 0.29) is 5.91 Å². The molecule has 0 spiro atoms. The van der Waals surface area contributed by atoms with Crippen molar-refractivity contribution in [1.82, 2.24) is 14.9 Å². The molecule has 0 atom stereocenters. The SMILES string of the molecule is O=C(NCc1cccc(Cl)c1)c1c[nH]c(=S)n1-c1ccccc1. The molecule has 2 N–H and O–H groups in total. The van der Waals surface area contributed by atoms with Crippen molar-refractivity contribution < 1.29 is 4.79 Å². The zero-order chi connectivity index (χ0) is 16.2. The number of aromatic nitrogens is 2. The van der Waals surface area contributed by atoms with Crippen molar-refractivity contribution in [1.29, 1.82) is 0 Å². The van der Waals surface area contributed by atoms with Gasteiger partial charge in [-0.15, -0.1) is 0 Å². The fourth-order valence-electron chi connectivity index (χ4n) is 2.29. The topological polar surface area (TPSA) is 49.8 Å². The minimum Gasteiger partial charge on any atom is -0.347 e. The molecular formula is C17H14ClN3OS. The molecular weight excluding hydrogens is 330 g/mol. The van der Waals surface area contributed by atoms with E-state index < -0.39 is 0 Å². The number of carbonyl (C=O) groups excluding carboxylic acids is 1. The number of benzene rings is 2. The third kappa shape index (κ3) is 3.52. The largest absolute Gasteiger partial charge is 0.347 e. The van der Waals surface area contributed by atoms with Crippen molar-refractivity contribution >= 4 is 29.7 Å². The van der Waals surface area contributed by atoms with Gasteiger partial charge in [0.05, 0.1) is 0 Å². The van der Waals surface area contributed by atoms with E-state index in [0.717, 1.165) is 11.3 Å². The summed E-state index contributed by atoms with van der Waals surface area (Å²) in [5.74, 6) is -0.207. The van der Waals surface area contributed by atoms with E-state index in [4.69, 9.17) is 23.8 Å². The number of H-pyrrole nitrogens is 1. The van der Waals surface area contributed by atoms with Gasteiger partial charge in [-0.05, 0) is 42.0 Å². The van der Waals surface area contributed by atoms with E-state index in [9.17, 15) is 4.79 Å². The van der Waals surface area contributed by atoms with Crippen molar-refractivity contribution in [3.8, 4) is 5.69 Å². The van der Waals surface area contributed by atoms with E-state index >= 15 is 0 Å². The van der Waals surface area contributed by atoms with Crippen LogP contribution in [0.15, 0.2) is 60.8 Å². The molecule has 116 valence electrons. The Morgan fingerprint density at radius 1 is 1.17 bits per heavy atom. The second kappa shape index (κ2) is 6.81. The number of hydrogen-bond acceptors (Lipinski definition) is 2. The van der Waals surface area contributed by atoms with Crippen LogP contribution in [0.25, 0.3) is 5.69 Å². The Labute approximate surface area is 143 Å². The predicted octanol–water partition coefficient (Wildman–Crippen LogP) is 4.12. The molecule has 0 aliphatic rings. The van der Waals surface area contributed by atoms with Gasteiger partial charge in [0.1, 0.15) is 5.69 Å². The van der Waals surface area contributed by atoms with Gasteiger partial charge in [-0.2, -0.15) is 0 Å². The van der Waals surface area contributed by atoms with Crippen LogP contribution in [-0.4, -0.2) is 15.5 Å². The number of imidazole rings is 1. The molecule has 3 aromatic rings. The van der Waals surface area contributed by atoms with Crippen LogP contribution in [0.4, 0.5) is 0 Å². The predicted molar refractivity (Wildman–Crippen MR) is 93.6 cm³/mol. The van der Waals surface area contributed by atoms with Crippen LogP contribution in [0.3, 0.4) is 0 Å². The number of halogens is 1. The molecule has 4 nitrogen and oxygen atoms in total. The Morgan fingerprint density at radius 2 is 1.96 bits per heavy atom. The molecule has 0 saturated heterocycles. The van der Waals surface area contributed by atoms with Crippen molar-refractivity contribution in [3.63, 3.8) is 0 Å². The summed E-state index contributed by atoms with van der Waals surface area (Å²) in [6, 6.07) is 16.9. The standard InChI is InChI=1S/C17H14ClN3OS/c18-13-6-4-5-12(9-13)10-19-16(22)15-11-20-17(23)21(15)14-7-2-1-3-8-14/h1-9,11H,10H2,(H,19,22)(H,20,23). The molecule has 0 saturated carbocycles. The smallest absolute Gasteiger partial charge is 0.270 e. The van der Waals surface area contributed by atoms with Gasteiger partial charge in [0.25, 0.3) is 5.91 Å². The van der Waals surface area contributed by atoms with Crippen LogP contribution in [0.2, 0.25) is 5.02 Å². The number of amides is 1. The number of hydrogen-bond donors (Lipinski definition) is 2. The van der Waals surface area contributed by atoms with Gasteiger partial charge in [0.15, 0.2) is 4.77 Å². The quantitative estimate of drug-likeness (QED) is 0.700. The summed E-state index contributed by atoms with van der Waals surface area (Å²) in [6.07, 6.45) is 1.61. The molecule has 23 heavy (non-hydrogen) atoms. The number of para-hydroxylation sites is 1. The molecule has 0 aliphatic heterocycles. The fraction of sp³-hybridized carbons (Fsp3) is 0.0588. The first-order chi connectivity index (χ1) is 11.1. The third-order valence-corrected chi connectivity index (χ3v) is 3.90. The normalized spacial score (nSPS) is 10.5. The highest BCUT2D eigenvalue weighted by molar-refractivity contribution is 7.71. The first kappa shape index (κ1) is 15.5. The zero-order valence-corrected chi connectivity index (χ0v) is 13.7. The van der Waals surface area contributed by atoms with Gasteiger partial charge in [-0.25, -0.2) is 0 Å². The average Bonchev–Trinajstić information content (AvgIpc) is 2.95. The summed E-state index contributed by atoms with van der Waals surface area (Å²) in [6.45, 7) is 0.395. The van der Waals surface area contributed by atoms with Crippen molar-refractivity contribution in [2.75, 3.05) is 0 Å². The molecule has 2 aromatic carbocycles. The Balaban J connectivity index is 1.82. The second-order valence-corrected chi connectivity index (χ2v) is 5.79. The number of rotatable bonds is 4. The maximum Gasteiger partial charge on any atom is 0.270 e. The Morgan fingerprint density at radius 3 is 2.70 bits per heavy atom. The third-order valence-electron chi connectivity index (χ3n) is 3.37. The number of nitrogens with one attached hydrogen (secondary N) is 2. The summed E-state index contributed by atoms with van der Waals surface area (Å²) in [4.78, 5) is 15.4. The van der Waals surface area contributed by atoms with Crippen molar-refractivity contribution in [2.45, 2.75) is 6.54 Å². The summed E-state index contributed by atoms with van der Waals surface area (Å²) in [5.41, 5.74) is 2.24. The van der Waals surface area contributed by atoms with E-state index in [1.165, 1.54) is 0 Å². The Hall–Kier alpha value is -2.37. The van der Waals surface area contributed by atoms with Gasteiger partial charge < -0.3 is 10.3 Å². The monoisotopic (exact) mass is 343 g/mol. The van der Waals surface area contributed by atoms with Gasteiger partial charge in [0, 0.05) is 23.5 Å². The highest BCUT2D eigenvalue weighted by Crippen LogP contribution is 2.13.